The van der Waals surface area contributed by atoms with Gasteiger partial charge in [0.1, 0.15) is 0 Å². The van der Waals surface area contributed by atoms with E-state index in [2.05, 4.69) is 37.0 Å². The second-order valence-corrected chi connectivity index (χ2v) is 6.12. The molecule has 0 N–H and O–H groups in total. The molecule has 2 aromatic rings. The molecular formula is C11H8INO5S. The summed E-state index contributed by atoms with van der Waals surface area (Å²) in [5.74, 6) is -1.60. The van der Waals surface area contributed by atoms with Crippen LogP contribution in [0, 0.1) is 2.88 Å². The highest BCUT2D eigenvalue weighted by Gasteiger charge is 2.27. The summed E-state index contributed by atoms with van der Waals surface area (Å²) >= 11 is 3.65. The summed E-state index contributed by atoms with van der Waals surface area (Å²) in [7, 11) is 2.39. The van der Waals surface area contributed by atoms with E-state index < -0.39 is 11.9 Å². The van der Waals surface area contributed by atoms with E-state index in [1.807, 2.05) is 11.4 Å². The molecule has 2 rings (SSSR count). The number of halogens is 1. The maximum atomic E-state index is 11.6. The quantitative estimate of drug-likeness (QED) is 0.589. The Hall–Kier alpha value is -1.42. The van der Waals surface area contributed by atoms with Gasteiger partial charge in [0.15, 0.2) is 0 Å². The fourth-order valence-corrected chi connectivity index (χ4v) is 2.65. The van der Waals surface area contributed by atoms with Gasteiger partial charge in [-0.2, -0.15) is 0 Å². The zero-order chi connectivity index (χ0) is 14.0. The molecule has 2 aromatic heterocycles. The number of esters is 2. The van der Waals surface area contributed by atoms with Crippen LogP contribution in [0.4, 0.5) is 0 Å². The first-order valence-corrected chi connectivity index (χ1v) is 6.94. The number of carbonyl (C=O) groups is 2. The van der Waals surface area contributed by atoms with Crippen LogP contribution in [-0.4, -0.2) is 31.1 Å². The van der Waals surface area contributed by atoms with Gasteiger partial charge in [-0.15, -0.1) is 11.3 Å². The van der Waals surface area contributed by atoms with Crippen molar-refractivity contribution in [3.05, 3.63) is 25.8 Å². The van der Waals surface area contributed by atoms with Crippen molar-refractivity contribution in [2.75, 3.05) is 14.2 Å². The van der Waals surface area contributed by atoms with Crippen molar-refractivity contribution >= 4 is 45.9 Å². The van der Waals surface area contributed by atoms with E-state index in [-0.39, 0.29) is 17.3 Å². The first-order chi connectivity index (χ1) is 9.06. The third kappa shape index (κ3) is 2.78. The highest BCUT2D eigenvalue weighted by atomic mass is 127. The molecule has 0 aliphatic carbocycles. The van der Waals surface area contributed by atoms with E-state index in [1.165, 1.54) is 25.6 Å². The van der Waals surface area contributed by atoms with Crippen LogP contribution in [0.25, 0.3) is 11.5 Å². The minimum absolute atomic E-state index is 0.181. The third-order valence-corrected chi connectivity index (χ3v) is 3.98. The van der Waals surface area contributed by atoms with Crippen LogP contribution in [0.5, 0.6) is 0 Å². The van der Waals surface area contributed by atoms with E-state index in [0.29, 0.717) is 5.56 Å². The average Bonchev–Trinajstić information content (AvgIpc) is 3.02. The second kappa shape index (κ2) is 5.70. The number of aromatic nitrogens is 1. The maximum Gasteiger partial charge on any atom is 0.376 e. The van der Waals surface area contributed by atoms with Crippen LogP contribution in [0.2, 0.25) is 0 Å². The van der Waals surface area contributed by atoms with Crippen molar-refractivity contribution in [3.8, 4) is 11.5 Å². The Morgan fingerprint density at radius 2 is 2.00 bits per heavy atom. The van der Waals surface area contributed by atoms with Crippen LogP contribution in [0.3, 0.4) is 0 Å². The van der Waals surface area contributed by atoms with Gasteiger partial charge in [-0.25, -0.2) is 14.6 Å². The normalized spacial score (nSPS) is 10.3. The highest BCUT2D eigenvalue weighted by molar-refractivity contribution is 14.1. The van der Waals surface area contributed by atoms with Crippen LogP contribution < -0.4 is 0 Å². The lowest BCUT2D eigenvalue weighted by Gasteiger charge is -1.96. The molecule has 0 bridgehead atoms. The van der Waals surface area contributed by atoms with E-state index >= 15 is 0 Å². The molecule has 6 nitrogen and oxygen atoms in total. The van der Waals surface area contributed by atoms with Crippen molar-refractivity contribution in [3.63, 3.8) is 0 Å². The number of hydrogen-bond donors (Lipinski definition) is 0. The lowest BCUT2D eigenvalue weighted by atomic mass is 10.3. The number of rotatable bonds is 3. The highest BCUT2D eigenvalue weighted by Crippen LogP contribution is 2.28. The first-order valence-electron chi connectivity index (χ1n) is 4.98. The second-order valence-electron chi connectivity index (χ2n) is 3.32. The van der Waals surface area contributed by atoms with E-state index in [1.54, 1.807) is 0 Å². The summed E-state index contributed by atoms with van der Waals surface area (Å²) in [4.78, 5) is 27.1. The number of methoxy groups -OCH3 is 2. The molecule has 0 atom stereocenters. The van der Waals surface area contributed by atoms with Crippen molar-refractivity contribution in [1.29, 1.82) is 0 Å². The summed E-state index contributed by atoms with van der Waals surface area (Å²) in [6.45, 7) is 0. The Balaban J connectivity index is 2.51. The molecule has 19 heavy (non-hydrogen) atoms. The van der Waals surface area contributed by atoms with Gasteiger partial charge in [-0.05, 0) is 28.7 Å². The summed E-state index contributed by atoms with van der Waals surface area (Å²) in [5, 5.41) is 1.82. The van der Waals surface area contributed by atoms with Gasteiger partial charge in [0.2, 0.25) is 17.3 Å². The Morgan fingerprint density at radius 1 is 1.32 bits per heavy atom. The molecule has 0 spiro atoms. The molecule has 0 fully saturated rings. The Morgan fingerprint density at radius 3 is 2.53 bits per heavy atom. The molecule has 0 aliphatic heterocycles. The van der Waals surface area contributed by atoms with Gasteiger partial charge in [0, 0.05) is 10.9 Å². The number of ether oxygens (including phenoxy) is 2. The molecule has 0 saturated carbocycles. The van der Waals surface area contributed by atoms with E-state index in [9.17, 15) is 9.59 Å². The van der Waals surface area contributed by atoms with Gasteiger partial charge >= 0.3 is 11.9 Å². The van der Waals surface area contributed by atoms with Gasteiger partial charge in [0.25, 0.3) is 0 Å². The fraction of sp³-hybridized carbons (Fsp3) is 0.182. The first kappa shape index (κ1) is 14.0. The summed E-state index contributed by atoms with van der Waals surface area (Å²) < 4.78 is 15.4. The minimum Gasteiger partial charge on any atom is -0.464 e. The molecule has 2 heterocycles. The van der Waals surface area contributed by atoms with E-state index in [0.717, 1.165) is 2.88 Å². The predicted octanol–water partition coefficient (Wildman–Crippen LogP) is 2.58. The van der Waals surface area contributed by atoms with Crippen LogP contribution in [0.15, 0.2) is 15.9 Å². The van der Waals surface area contributed by atoms with Gasteiger partial charge < -0.3 is 13.9 Å². The Bertz CT molecular complexity index is 599. The largest absolute Gasteiger partial charge is 0.464 e. The topological polar surface area (TPSA) is 78.6 Å². The molecule has 0 aliphatic rings. The summed E-state index contributed by atoms with van der Waals surface area (Å²) in [5.41, 5.74) is 0.500. The monoisotopic (exact) mass is 393 g/mol. The van der Waals surface area contributed by atoms with Gasteiger partial charge in [0.05, 0.1) is 17.1 Å². The van der Waals surface area contributed by atoms with Crippen molar-refractivity contribution in [2.45, 2.75) is 0 Å². The SMILES string of the molecule is COC(=O)c1nc(-c2csc(I)c2)oc1C(=O)OC. The molecular weight excluding hydrogens is 385 g/mol. The molecule has 100 valence electrons. The minimum atomic E-state index is -0.774. The number of oxazole rings is 1. The van der Waals surface area contributed by atoms with E-state index in [4.69, 9.17) is 4.42 Å². The smallest absolute Gasteiger partial charge is 0.376 e. The summed E-state index contributed by atoms with van der Waals surface area (Å²) in [6, 6.07) is 1.83. The zero-order valence-corrected chi connectivity index (χ0v) is 12.9. The van der Waals surface area contributed by atoms with Crippen LogP contribution in [-0.2, 0) is 9.47 Å². The Labute approximate surface area is 125 Å². The number of carbonyl (C=O) groups excluding carboxylic acids is 2. The molecule has 0 saturated heterocycles. The number of nitrogens with zero attached hydrogens (tertiary/aromatic N) is 1. The van der Waals surface area contributed by atoms with Crippen molar-refractivity contribution < 1.29 is 23.5 Å². The lowest BCUT2D eigenvalue weighted by molar-refractivity contribution is 0.0527. The molecule has 8 heteroatoms. The summed E-state index contributed by atoms with van der Waals surface area (Å²) in [6.07, 6.45) is 0. The third-order valence-electron chi connectivity index (χ3n) is 2.19. The van der Waals surface area contributed by atoms with Crippen molar-refractivity contribution in [2.24, 2.45) is 0 Å². The standard InChI is InChI=1S/C11H8INO5S/c1-16-10(14)7-8(11(15)17-2)18-9(13-7)5-3-6(12)19-4-5/h3-4H,1-2H3. The fourth-order valence-electron chi connectivity index (χ4n) is 1.33. The van der Waals surface area contributed by atoms with Gasteiger partial charge in [-0.3, -0.25) is 0 Å². The predicted molar refractivity (Wildman–Crippen MR) is 75.2 cm³/mol. The van der Waals surface area contributed by atoms with Crippen molar-refractivity contribution in [1.82, 2.24) is 4.98 Å². The molecule has 0 amide bonds. The van der Waals surface area contributed by atoms with Crippen LogP contribution >= 0.6 is 33.9 Å². The number of hydrogen-bond acceptors (Lipinski definition) is 7. The Kier molecular flexibility index (Phi) is 4.20. The number of thiophene rings is 1. The molecule has 0 aromatic carbocycles. The van der Waals surface area contributed by atoms with Gasteiger partial charge in [-0.1, -0.05) is 0 Å². The van der Waals surface area contributed by atoms with Crippen LogP contribution in [0.1, 0.15) is 21.0 Å². The molecule has 0 radical (unpaired) electrons. The maximum absolute atomic E-state index is 11.6. The molecule has 0 unspecified atom stereocenters. The average molecular weight is 393 g/mol. The lowest BCUT2D eigenvalue weighted by Crippen LogP contribution is -2.10. The zero-order valence-electron chi connectivity index (χ0n) is 9.93.